The van der Waals surface area contributed by atoms with E-state index >= 15 is 0 Å². The number of nitrogens with one attached hydrogen (secondary N) is 1. The van der Waals surface area contributed by atoms with Crippen LogP contribution in [0.15, 0.2) is 17.5 Å². The van der Waals surface area contributed by atoms with E-state index in [2.05, 4.69) is 15.0 Å². The quantitative estimate of drug-likeness (QED) is 0.205. The summed E-state index contributed by atoms with van der Waals surface area (Å²) in [5, 5.41) is 0. The van der Waals surface area contributed by atoms with Gasteiger partial charge >= 0.3 is 10.4 Å². The van der Waals surface area contributed by atoms with Gasteiger partial charge in [-0.3, -0.25) is 14.1 Å². The Bertz CT molecular complexity index is 432. The molecule has 1 aromatic rings. The molecule has 0 fully saturated rings. The van der Waals surface area contributed by atoms with Crippen LogP contribution in [0.4, 0.5) is 0 Å². The number of rotatable bonds is 5. The molecule has 0 radical (unpaired) electrons. The zero-order valence-electron chi connectivity index (χ0n) is 9.35. The number of aromatic nitrogens is 2. The highest BCUT2D eigenvalue weighted by Gasteiger charge is 1.93. The summed E-state index contributed by atoms with van der Waals surface area (Å²) in [5.74, 6) is 1.99. The molecule has 0 amide bonds. The summed E-state index contributed by atoms with van der Waals surface area (Å²) in [6.07, 6.45) is 3.49. The molecule has 0 aliphatic heterocycles. The number of H-pyrrole nitrogens is 1. The van der Waals surface area contributed by atoms with E-state index in [9.17, 15) is 0 Å². The van der Waals surface area contributed by atoms with Crippen LogP contribution < -0.4 is 11.5 Å². The maximum absolute atomic E-state index is 8.74. The standard InChI is InChI=1S/C7H13N5S.H2O4S/c8-7(9)11-1-2-13-4-6-3-10-5-12-6;1-5(2,3)4/h3,5H,1-2,4H2,(H,10,12)(H4,8,9,11);(H2,1,2,3,4). The molecule has 0 saturated carbocycles. The SMILES string of the molecule is NC(N)=NCCSCc1cnc[nH]1.O=S(=O)(O)O. The summed E-state index contributed by atoms with van der Waals surface area (Å²) in [4.78, 5) is 10.8. The second-order valence-electron chi connectivity index (χ2n) is 2.88. The minimum Gasteiger partial charge on any atom is -0.370 e. The lowest BCUT2D eigenvalue weighted by atomic mass is 10.6. The highest BCUT2D eigenvalue weighted by molar-refractivity contribution is 7.98. The average molecular weight is 297 g/mol. The van der Waals surface area contributed by atoms with E-state index in [4.69, 9.17) is 29.0 Å². The van der Waals surface area contributed by atoms with E-state index in [0.29, 0.717) is 6.54 Å². The summed E-state index contributed by atoms with van der Waals surface area (Å²) in [7, 11) is -4.67. The topological polar surface area (TPSA) is 168 Å². The molecule has 0 unspecified atom stereocenters. The predicted octanol–water partition coefficient (Wildman–Crippen LogP) is -0.736. The van der Waals surface area contributed by atoms with Crippen LogP contribution in [0.25, 0.3) is 0 Å². The van der Waals surface area contributed by atoms with Crippen molar-refractivity contribution >= 4 is 28.1 Å². The third-order valence-corrected chi connectivity index (χ3v) is 2.33. The number of nitrogens with zero attached hydrogens (tertiary/aromatic N) is 2. The minimum atomic E-state index is -4.67. The molecule has 1 rings (SSSR count). The van der Waals surface area contributed by atoms with Crippen molar-refractivity contribution in [1.82, 2.24) is 9.97 Å². The van der Waals surface area contributed by atoms with Crippen LogP contribution in [-0.4, -0.2) is 45.7 Å². The largest absolute Gasteiger partial charge is 0.394 e. The van der Waals surface area contributed by atoms with Gasteiger partial charge in [0, 0.05) is 23.4 Å². The van der Waals surface area contributed by atoms with Crippen LogP contribution in [0.2, 0.25) is 0 Å². The summed E-state index contributed by atoms with van der Waals surface area (Å²) < 4.78 is 31.6. The van der Waals surface area contributed by atoms with Crippen LogP contribution in [0, 0.1) is 0 Å². The van der Waals surface area contributed by atoms with Gasteiger partial charge < -0.3 is 16.5 Å². The van der Waals surface area contributed by atoms with Crippen molar-refractivity contribution in [2.75, 3.05) is 12.3 Å². The van der Waals surface area contributed by atoms with E-state index in [1.165, 1.54) is 0 Å². The molecule has 18 heavy (non-hydrogen) atoms. The molecule has 9 nitrogen and oxygen atoms in total. The summed E-state index contributed by atoms with van der Waals surface area (Å²) >= 11 is 1.76. The smallest absolute Gasteiger partial charge is 0.370 e. The van der Waals surface area contributed by atoms with Crippen molar-refractivity contribution in [2.24, 2.45) is 16.5 Å². The van der Waals surface area contributed by atoms with E-state index in [1.54, 1.807) is 18.1 Å². The number of aromatic amines is 1. The Morgan fingerprint density at radius 1 is 1.50 bits per heavy atom. The first-order valence-electron chi connectivity index (χ1n) is 4.59. The lowest BCUT2D eigenvalue weighted by molar-refractivity contribution is 0.381. The number of imidazole rings is 1. The molecular formula is C7H15N5O4S2. The Morgan fingerprint density at radius 3 is 2.56 bits per heavy atom. The molecule has 7 N–H and O–H groups in total. The molecule has 1 heterocycles. The number of hydrogen-bond acceptors (Lipinski definition) is 5. The Morgan fingerprint density at radius 2 is 2.11 bits per heavy atom. The van der Waals surface area contributed by atoms with E-state index in [-0.39, 0.29) is 5.96 Å². The monoisotopic (exact) mass is 297 g/mol. The van der Waals surface area contributed by atoms with Crippen LogP contribution >= 0.6 is 11.8 Å². The fraction of sp³-hybridized carbons (Fsp3) is 0.429. The van der Waals surface area contributed by atoms with Gasteiger partial charge in [-0.25, -0.2) is 4.98 Å². The van der Waals surface area contributed by atoms with Gasteiger partial charge in [-0.2, -0.15) is 20.2 Å². The van der Waals surface area contributed by atoms with Gasteiger partial charge in [0.2, 0.25) is 0 Å². The first-order chi connectivity index (χ1) is 8.29. The number of nitrogens with two attached hydrogens (primary N) is 2. The van der Waals surface area contributed by atoms with Crippen LogP contribution in [0.3, 0.4) is 0 Å². The Labute approximate surface area is 109 Å². The Balaban J connectivity index is 0.000000494. The molecule has 104 valence electrons. The fourth-order valence-corrected chi connectivity index (χ4v) is 1.53. The van der Waals surface area contributed by atoms with Crippen LogP contribution in [0.1, 0.15) is 5.69 Å². The molecule has 1 aromatic heterocycles. The lowest BCUT2D eigenvalue weighted by Gasteiger charge is -1.96. The third-order valence-electron chi connectivity index (χ3n) is 1.34. The van der Waals surface area contributed by atoms with Crippen molar-refractivity contribution in [1.29, 1.82) is 0 Å². The zero-order valence-corrected chi connectivity index (χ0v) is 11.0. The molecule has 0 spiro atoms. The number of aliphatic imine (C=N–C) groups is 1. The lowest BCUT2D eigenvalue weighted by Crippen LogP contribution is -2.23. The number of guanidine groups is 1. The van der Waals surface area contributed by atoms with Gasteiger partial charge in [-0.1, -0.05) is 0 Å². The molecule has 0 aromatic carbocycles. The fourth-order valence-electron chi connectivity index (χ4n) is 0.785. The minimum absolute atomic E-state index is 0.155. The maximum atomic E-state index is 8.74. The molecule has 11 heteroatoms. The summed E-state index contributed by atoms with van der Waals surface area (Å²) in [5.41, 5.74) is 11.5. The Kier molecular flexibility index (Phi) is 8.11. The van der Waals surface area contributed by atoms with Gasteiger partial charge in [-0.15, -0.1) is 0 Å². The molecule has 0 aliphatic rings. The molecule has 0 atom stereocenters. The van der Waals surface area contributed by atoms with Crippen LogP contribution in [-0.2, 0) is 16.2 Å². The normalized spacial score (nSPS) is 10.3. The van der Waals surface area contributed by atoms with Crippen LogP contribution in [0.5, 0.6) is 0 Å². The van der Waals surface area contributed by atoms with Crippen molar-refractivity contribution in [3.63, 3.8) is 0 Å². The van der Waals surface area contributed by atoms with Gasteiger partial charge in [0.15, 0.2) is 5.96 Å². The molecule has 0 saturated heterocycles. The predicted molar refractivity (Wildman–Crippen MR) is 69.6 cm³/mol. The second-order valence-corrected chi connectivity index (χ2v) is 4.88. The number of thioether (sulfide) groups is 1. The average Bonchev–Trinajstić information content (AvgIpc) is 2.66. The summed E-state index contributed by atoms with van der Waals surface area (Å²) in [6, 6.07) is 0. The summed E-state index contributed by atoms with van der Waals surface area (Å²) in [6.45, 7) is 0.668. The first-order valence-corrected chi connectivity index (χ1v) is 7.14. The van der Waals surface area contributed by atoms with E-state index in [1.807, 2.05) is 6.20 Å². The van der Waals surface area contributed by atoms with Crippen molar-refractivity contribution in [2.45, 2.75) is 5.75 Å². The van der Waals surface area contributed by atoms with Crippen molar-refractivity contribution in [3.8, 4) is 0 Å². The molecule has 0 bridgehead atoms. The third kappa shape index (κ3) is 14.7. The highest BCUT2D eigenvalue weighted by Crippen LogP contribution is 2.07. The molecule has 0 aliphatic carbocycles. The second kappa shape index (κ2) is 8.74. The van der Waals surface area contributed by atoms with Gasteiger partial charge in [0.25, 0.3) is 0 Å². The van der Waals surface area contributed by atoms with Gasteiger partial charge in [-0.05, 0) is 0 Å². The van der Waals surface area contributed by atoms with E-state index < -0.39 is 10.4 Å². The van der Waals surface area contributed by atoms with E-state index in [0.717, 1.165) is 17.2 Å². The highest BCUT2D eigenvalue weighted by atomic mass is 32.3. The maximum Gasteiger partial charge on any atom is 0.394 e. The van der Waals surface area contributed by atoms with Crippen molar-refractivity contribution < 1.29 is 17.5 Å². The Hall–Kier alpha value is -1.30. The zero-order chi connectivity index (χ0) is 14.0. The number of hydrogen-bond donors (Lipinski definition) is 5. The van der Waals surface area contributed by atoms with Crippen molar-refractivity contribution in [3.05, 3.63) is 18.2 Å². The van der Waals surface area contributed by atoms with Gasteiger partial charge in [0.1, 0.15) is 0 Å². The molecular weight excluding hydrogens is 282 g/mol. The van der Waals surface area contributed by atoms with Gasteiger partial charge in [0.05, 0.1) is 12.9 Å². The first kappa shape index (κ1) is 16.7.